The van der Waals surface area contributed by atoms with Gasteiger partial charge < -0.3 is 9.84 Å². The summed E-state index contributed by atoms with van der Waals surface area (Å²) >= 11 is 0. The second kappa shape index (κ2) is 6.21. The van der Waals surface area contributed by atoms with Crippen LogP contribution in [0, 0.1) is 0 Å². The van der Waals surface area contributed by atoms with Crippen LogP contribution >= 0.6 is 0 Å². The summed E-state index contributed by atoms with van der Waals surface area (Å²) in [6, 6.07) is 4.56. The van der Waals surface area contributed by atoms with Gasteiger partial charge >= 0.3 is 0 Å². The van der Waals surface area contributed by atoms with E-state index in [0.717, 1.165) is 0 Å². The molecule has 0 aliphatic carbocycles. The first-order valence-electron chi connectivity index (χ1n) is 6.12. The molecule has 20 heavy (non-hydrogen) atoms. The number of aliphatic hydroxyl groups excluding tert-OH is 1. The predicted molar refractivity (Wildman–Crippen MR) is 75.6 cm³/mol. The van der Waals surface area contributed by atoms with Crippen molar-refractivity contribution < 1.29 is 22.5 Å². The maximum atomic E-state index is 12.6. The highest BCUT2D eigenvalue weighted by molar-refractivity contribution is 7.89. The Hall–Kier alpha value is -0.960. The van der Waals surface area contributed by atoms with E-state index in [-0.39, 0.29) is 30.3 Å². The van der Waals surface area contributed by atoms with E-state index in [9.17, 15) is 12.6 Å². The Morgan fingerprint density at radius 2 is 2.00 bits per heavy atom. The number of aliphatic hydroxyl groups is 1. The third-order valence-corrected chi connectivity index (χ3v) is 6.36. The number of hydrogen-bond donors (Lipinski definition) is 1. The maximum absolute atomic E-state index is 12.6. The molecule has 1 N–H and O–H groups in total. The van der Waals surface area contributed by atoms with E-state index in [2.05, 4.69) is 0 Å². The number of methoxy groups -OCH3 is 1. The molecule has 0 saturated carbocycles. The molecule has 1 aliphatic rings. The van der Waals surface area contributed by atoms with Gasteiger partial charge in [0.25, 0.3) is 0 Å². The van der Waals surface area contributed by atoms with Crippen molar-refractivity contribution in [1.29, 1.82) is 0 Å². The number of ether oxygens (including phenoxy) is 1. The standard InChI is InChI=1S/C12H17NO5S2/c1-18-11-3-2-10(9-14)8-12(11)20(16,17)13-4-6-19(15)7-5-13/h2-3,8,14H,4-7,9H2,1H3. The third-order valence-electron chi connectivity index (χ3n) is 3.17. The van der Waals surface area contributed by atoms with Gasteiger partial charge in [-0.25, -0.2) is 8.42 Å². The van der Waals surface area contributed by atoms with Crippen LogP contribution in [-0.2, 0) is 27.4 Å². The minimum Gasteiger partial charge on any atom is -0.495 e. The molecule has 0 amide bonds. The molecule has 0 aromatic heterocycles. The molecule has 0 bridgehead atoms. The van der Waals surface area contributed by atoms with Gasteiger partial charge in [-0.3, -0.25) is 4.21 Å². The van der Waals surface area contributed by atoms with Crippen LogP contribution in [-0.4, -0.2) is 53.7 Å². The Bertz CT molecular complexity index is 604. The van der Waals surface area contributed by atoms with Crippen molar-refractivity contribution in [2.24, 2.45) is 0 Å². The van der Waals surface area contributed by atoms with Gasteiger partial charge in [0.15, 0.2) is 0 Å². The number of rotatable bonds is 4. The second-order valence-corrected chi connectivity index (χ2v) is 8.00. The van der Waals surface area contributed by atoms with Crippen LogP contribution in [0.1, 0.15) is 5.56 Å². The summed E-state index contributed by atoms with van der Waals surface area (Å²) in [7, 11) is -3.24. The molecule has 8 heteroatoms. The topological polar surface area (TPSA) is 83.9 Å². The van der Waals surface area contributed by atoms with Crippen molar-refractivity contribution >= 4 is 20.8 Å². The van der Waals surface area contributed by atoms with E-state index in [1.165, 1.54) is 23.5 Å². The first-order valence-corrected chi connectivity index (χ1v) is 9.04. The molecule has 0 atom stereocenters. The fourth-order valence-corrected chi connectivity index (χ4v) is 4.95. The van der Waals surface area contributed by atoms with Gasteiger partial charge in [0.1, 0.15) is 10.6 Å². The molecule has 2 rings (SSSR count). The lowest BCUT2D eigenvalue weighted by Gasteiger charge is -2.26. The number of hydrogen-bond acceptors (Lipinski definition) is 5. The fraction of sp³-hybridized carbons (Fsp3) is 0.500. The summed E-state index contributed by atoms with van der Waals surface area (Å²) in [5.41, 5.74) is 0.505. The van der Waals surface area contributed by atoms with Crippen molar-refractivity contribution in [2.75, 3.05) is 31.7 Å². The van der Waals surface area contributed by atoms with E-state index in [1.807, 2.05) is 0 Å². The average molecular weight is 319 g/mol. The molecule has 0 radical (unpaired) electrons. The Balaban J connectivity index is 2.40. The summed E-state index contributed by atoms with van der Waals surface area (Å²) in [6.07, 6.45) is 0. The zero-order chi connectivity index (χ0) is 14.8. The predicted octanol–water partition coefficient (Wildman–Crippen LogP) is -0.0595. The summed E-state index contributed by atoms with van der Waals surface area (Å²) in [4.78, 5) is 0.0410. The first-order chi connectivity index (χ1) is 9.48. The molecule has 112 valence electrons. The van der Waals surface area contributed by atoms with Gasteiger partial charge in [-0.05, 0) is 17.7 Å². The Kier molecular flexibility index (Phi) is 4.79. The van der Waals surface area contributed by atoms with Crippen molar-refractivity contribution in [3.8, 4) is 5.75 Å². The van der Waals surface area contributed by atoms with Gasteiger partial charge in [0.05, 0.1) is 13.7 Å². The second-order valence-electron chi connectivity index (χ2n) is 4.40. The zero-order valence-electron chi connectivity index (χ0n) is 11.1. The van der Waals surface area contributed by atoms with Crippen LogP contribution in [0.4, 0.5) is 0 Å². The van der Waals surface area contributed by atoms with E-state index in [4.69, 9.17) is 9.84 Å². The molecule has 1 fully saturated rings. The molecule has 1 aromatic rings. The molecular weight excluding hydrogens is 302 g/mol. The van der Waals surface area contributed by atoms with Crippen molar-refractivity contribution in [3.63, 3.8) is 0 Å². The van der Waals surface area contributed by atoms with E-state index in [0.29, 0.717) is 17.1 Å². The fourth-order valence-electron chi connectivity index (χ4n) is 2.02. The third kappa shape index (κ3) is 3.03. The van der Waals surface area contributed by atoms with Crippen molar-refractivity contribution in [2.45, 2.75) is 11.5 Å². The minimum absolute atomic E-state index is 0.0410. The zero-order valence-corrected chi connectivity index (χ0v) is 12.7. The van der Waals surface area contributed by atoms with Crippen LogP contribution in [0.3, 0.4) is 0 Å². The Labute approximate surface area is 120 Å². The van der Waals surface area contributed by atoms with Gasteiger partial charge in [0, 0.05) is 35.4 Å². The summed E-state index contributed by atoms with van der Waals surface area (Å²) in [6.45, 7) is 0.236. The highest BCUT2D eigenvalue weighted by Gasteiger charge is 2.30. The van der Waals surface area contributed by atoms with Gasteiger partial charge in [-0.15, -0.1) is 0 Å². The van der Waals surface area contributed by atoms with E-state index >= 15 is 0 Å². The SMILES string of the molecule is COc1ccc(CO)cc1S(=O)(=O)N1CCS(=O)CC1. The summed E-state index contributed by atoms with van der Waals surface area (Å²) < 4.78 is 43.0. The first kappa shape index (κ1) is 15.4. The molecule has 1 heterocycles. The lowest BCUT2D eigenvalue weighted by molar-refractivity contribution is 0.281. The lowest BCUT2D eigenvalue weighted by Crippen LogP contribution is -2.41. The molecule has 0 spiro atoms. The number of sulfonamides is 1. The highest BCUT2D eigenvalue weighted by Crippen LogP contribution is 2.28. The Morgan fingerprint density at radius 1 is 1.35 bits per heavy atom. The van der Waals surface area contributed by atoms with Crippen molar-refractivity contribution in [3.05, 3.63) is 23.8 Å². The monoisotopic (exact) mass is 319 g/mol. The average Bonchev–Trinajstić information content (AvgIpc) is 2.47. The summed E-state index contributed by atoms with van der Waals surface area (Å²) in [5.74, 6) is 0.941. The normalized spacial score (nSPS) is 18.1. The quantitative estimate of drug-likeness (QED) is 0.840. The van der Waals surface area contributed by atoms with Crippen LogP contribution in [0.15, 0.2) is 23.1 Å². The minimum atomic E-state index is -3.70. The Morgan fingerprint density at radius 3 is 2.55 bits per heavy atom. The molecule has 1 aliphatic heterocycles. The smallest absolute Gasteiger partial charge is 0.246 e. The molecular formula is C12H17NO5S2. The van der Waals surface area contributed by atoms with Crippen molar-refractivity contribution in [1.82, 2.24) is 4.31 Å². The van der Waals surface area contributed by atoms with Gasteiger partial charge in [-0.2, -0.15) is 4.31 Å². The van der Waals surface area contributed by atoms with Crippen LogP contribution in [0.25, 0.3) is 0 Å². The van der Waals surface area contributed by atoms with E-state index in [1.54, 1.807) is 6.07 Å². The molecule has 1 aromatic carbocycles. The largest absolute Gasteiger partial charge is 0.495 e. The summed E-state index contributed by atoms with van der Waals surface area (Å²) in [5, 5.41) is 9.15. The van der Waals surface area contributed by atoms with Crippen LogP contribution < -0.4 is 4.74 Å². The van der Waals surface area contributed by atoms with Gasteiger partial charge in [0.2, 0.25) is 10.0 Å². The van der Waals surface area contributed by atoms with E-state index < -0.39 is 20.8 Å². The molecule has 1 saturated heterocycles. The van der Waals surface area contributed by atoms with Crippen LogP contribution in [0.5, 0.6) is 5.75 Å². The lowest BCUT2D eigenvalue weighted by atomic mass is 10.2. The molecule has 6 nitrogen and oxygen atoms in total. The highest BCUT2D eigenvalue weighted by atomic mass is 32.2. The molecule has 0 unspecified atom stereocenters. The number of benzene rings is 1. The maximum Gasteiger partial charge on any atom is 0.246 e. The number of nitrogens with zero attached hydrogens (tertiary/aromatic N) is 1. The van der Waals surface area contributed by atoms with Crippen LogP contribution in [0.2, 0.25) is 0 Å². The van der Waals surface area contributed by atoms with Gasteiger partial charge in [-0.1, -0.05) is 6.07 Å².